The van der Waals surface area contributed by atoms with E-state index in [0.29, 0.717) is 0 Å². The Bertz CT molecular complexity index is 171. The molecule has 0 unspecified atom stereocenters. The zero-order valence-corrected chi connectivity index (χ0v) is 16.5. The van der Waals surface area contributed by atoms with E-state index in [1.165, 1.54) is 41.5 Å². The maximum absolute atomic E-state index is 5.15. The van der Waals surface area contributed by atoms with Crippen molar-refractivity contribution < 1.29 is 31.0 Å². The molecule has 0 aromatic carbocycles. The molecule has 0 saturated heterocycles. The number of unbranched alkanes of at least 4 members (excludes halogenated alkanes) is 4. The summed E-state index contributed by atoms with van der Waals surface area (Å²) in [6, 6.07) is 0. The van der Waals surface area contributed by atoms with Crippen LogP contribution in [0.25, 0.3) is 0 Å². The summed E-state index contributed by atoms with van der Waals surface area (Å²) in [5, 5.41) is 6.85. The van der Waals surface area contributed by atoms with Gasteiger partial charge in [0, 0.05) is 11.8 Å². The summed E-state index contributed by atoms with van der Waals surface area (Å²) in [7, 11) is 0. The van der Waals surface area contributed by atoms with Crippen LogP contribution in [-0.2, 0) is 0 Å². The average molecular weight is 283 g/mol. The van der Waals surface area contributed by atoms with E-state index in [2.05, 4.69) is 39.0 Å². The van der Waals surface area contributed by atoms with Crippen LogP contribution in [0.15, 0.2) is 0 Å². The van der Waals surface area contributed by atoms with Crippen molar-refractivity contribution in [1.82, 2.24) is 0 Å². The van der Waals surface area contributed by atoms with Gasteiger partial charge in [0.25, 0.3) is 14.1 Å². The van der Waals surface area contributed by atoms with Gasteiger partial charge in [-0.1, -0.05) is 68.7 Å². The summed E-state index contributed by atoms with van der Waals surface area (Å²) >= 11 is 4.98. The van der Waals surface area contributed by atoms with Crippen molar-refractivity contribution in [3.8, 4) is 11.3 Å². The molecule has 0 amide bonds. The van der Waals surface area contributed by atoms with Crippen molar-refractivity contribution in [1.29, 1.82) is 0 Å². The smallest absolute Gasteiger partial charge is 1.00 e. The molecule has 0 bridgehead atoms. The van der Waals surface area contributed by atoms with Gasteiger partial charge in [-0.15, -0.1) is 0 Å². The Balaban J connectivity index is -0.000000100. The molecule has 0 aliphatic rings. The fourth-order valence-corrected chi connectivity index (χ4v) is 3.38. The molecule has 3 heteroatoms. The van der Waals surface area contributed by atoms with E-state index < -0.39 is 0 Å². The van der Waals surface area contributed by atoms with Gasteiger partial charge in [-0.25, -0.2) is 0 Å². The molecule has 96 valence electrons. The molecule has 0 spiro atoms. The summed E-state index contributed by atoms with van der Waals surface area (Å²) in [6.45, 7) is 9.17. The minimum atomic E-state index is -0.171. The van der Waals surface area contributed by atoms with Crippen molar-refractivity contribution in [2.75, 3.05) is 0 Å². The van der Waals surface area contributed by atoms with Gasteiger partial charge in [0.1, 0.15) is 0 Å². The third kappa shape index (κ3) is 23.0. The average Bonchev–Trinajstić information content (AvgIpc) is 2.32. The number of hydrogen-bond acceptors (Lipinski definition) is 0. The first-order valence-corrected chi connectivity index (χ1v) is 9.67. The molecule has 0 nitrogen and oxygen atoms in total. The van der Waals surface area contributed by atoms with Crippen molar-refractivity contribution >= 4 is 25.7 Å². The minimum Gasteiger partial charge on any atom is -1.00 e. The second-order valence-electron chi connectivity index (χ2n) is 4.17. The van der Waals surface area contributed by atoms with Crippen LogP contribution in [0.2, 0.25) is 15.8 Å². The summed E-state index contributed by atoms with van der Waals surface area (Å²) in [5.74, 6) is 2.82. The molecule has 0 N–H and O–H groups in total. The Kier molecular flexibility index (Phi) is 31.1. The number of hydrogen-bond donors (Lipinski definition) is 0. The third-order valence-corrected chi connectivity index (χ3v) is 6.55. The van der Waals surface area contributed by atoms with E-state index in [9.17, 15) is 0 Å². The van der Waals surface area contributed by atoms with Gasteiger partial charge in [0.05, 0.1) is 0 Å². The van der Waals surface area contributed by atoms with Gasteiger partial charge in [-0.3, -0.25) is 0 Å². The van der Waals surface area contributed by atoms with Gasteiger partial charge in [0.15, 0.2) is 0 Å². The SMILES string of the molecule is CCCCCCC#CCl.C[CH2][Al]([CH2]C)[CH2]C.[H-].[Na+]. The molecule has 0 radical (unpaired) electrons. The van der Waals surface area contributed by atoms with E-state index >= 15 is 0 Å². The van der Waals surface area contributed by atoms with Gasteiger partial charge >= 0.3 is 29.6 Å². The molecule has 0 saturated carbocycles. The Labute approximate surface area is 142 Å². The van der Waals surface area contributed by atoms with Crippen LogP contribution in [-0.4, -0.2) is 14.1 Å². The summed E-state index contributed by atoms with van der Waals surface area (Å²) in [5.41, 5.74) is 0. The zero-order chi connectivity index (χ0) is 12.6. The van der Waals surface area contributed by atoms with Crippen molar-refractivity contribution in [3.63, 3.8) is 0 Å². The fourth-order valence-electron chi connectivity index (χ4n) is 1.55. The number of halogens is 1. The van der Waals surface area contributed by atoms with E-state index in [1.807, 2.05) is 0 Å². The molecule has 0 rings (SSSR count). The Morgan fingerprint density at radius 3 is 1.76 bits per heavy atom. The Hall–Kier alpha value is 1.38. The molecule has 0 heterocycles. The maximum Gasteiger partial charge on any atom is 1.00 e. The van der Waals surface area contributed by atoms with Gasteiger partial charge in [-0.2, -0.15) is 0 Å². The summed E-state index contributed by atoms with van der Waals surface area (Å²) < 4.78 is 0. The fraction of sp³-hybridized carbons (Fsp3) is 0.857. The predicted molar refractivity (Wildman–Crippen MR) is 80.7 cm³/mol. The van der Waals surface area contributed by atoms with Gasteiger partial charge < -0.3 is 1.43 Å². The summed E-state index contributed by atoms with van der Waals surface area (Å²) in [4.78, 5) is 0. The first kappa shape index (κ1) is 23.5. The monoisotopic (exact) mass is 282 g/mol. The van der Waals surface area contributed by atoms with Crippen LogP contribution in [0.4, 0.5) is 0 Å². The molecule has 0 aromatic rings. The second-order valence-corrected chi connectivity index (χ2v) is 8.54. The van der Waals surface area contributed by atoms with E-state index in [0.717, 1.165) is 6.42 Å². The van der Waals surface area contributed by atoms with Crippen LogP contribution in [0.3, 0.4) is 0 Å². The van der Waals surface area contributed by atoms with E-state index in [4.69, 9.17) is 11.6 Å². The van der Waals surface area contributed by atoms with Crippen molar-refractivity contribution in [3.05, 3.63) is 0 Å². The molecule has 0 aliphatic carbocycles. The van der Waals surface area contributed by atoms with Crippen LogP contribution in [0, 0.1) is 11.3 Å². The molecule has 17 heavy (non-hydrogen) atoms. The zero-order valence-electron chi connectivity index (χ0n) is 13.6. The van der Waals surface area contributed by atoms with E-state index in [1.54, 1.807) is 0 Å². The van der Waals surface area contributed by atoms with Gasteiger partial charge in [-0.05, 0) is 18.0 Å². The predicted octanol–water partition coefficient (Wildman–Crippen LogP) is 2.81. The normalized spacial score (nSPS) is 8.06. The van der Waals surface area contributed by atoms with Crippen molar-refractivity contribution in [2.24, 2.45) is 0 Å². The van der Waals surface area contributed by atoms with Crippen LogP contribution >= 0.6 is 11.6 Å². The molecular formula is C14H29AlClNa. The Morgan fingerprint density at radius 1 is 0.941 bits per heavy atom. The quantitative estimate of drug-likeness (QED) is 0.383. The van der Waals surface area contributed by atoms with Crippen LogP contribution in [0.5, 0.6) is 0 Å². The van der Waals surface area contributed by atoms with Crippen molar-refractivity contribution in [2.45, 2.75) is 75.6 Å². The third-order valence-electron chi connectivity index (χ3n) is 2.95. The number of rotatable bonds is 7. The standard InChI is InChI=1S/C8H13Cl.3C2H5.Al.Na.H/c1-2-3-4-5-6-7-8-9;3*1-2;;;/h2-6H2,1H3;3*1H2,2H3;;;/q;;;;;+1;-1. The largest absolute Gasteiger partial charge is 1.00 e. The molecular weight excluding hydrogens is 254 g/mol. The van der Waals surface area contributed by atoms with Crippen LogP contribution in [0.1, 0.15) is 61.2 Å². The molecule has 0 aliphatic heterocycles. The molecule has 0 atom stereocenters. The molecule has 0 fully saturated rings. The Morgan fingerprint density at radius 2 is 1.47 bits per heavy atom. The summed E-state index contributed by atoms with van der Waals surface area (Å²) in [6.07, 6.45) is 6.07. The van der Waals surface area contributed by atoms with Crippen LogP contribution < -0.4 is 29.6 Å². The van der Waals surface area contributed by atoms with Gasteiger partial charge in [0.2, 0.25) is 0 Å². The molecule has 0 aromatic heterocycles. The van der Waals surface area contributed by atoms with E-state index in [-0.39, 0.29) is 45.1 Å². The minimum absolute atomic E-state index is 0. The maximum atomic E-state index is 5.15. The second kappa shape index (κ2) is 22.6. The first-order valence-electron chi connectivity index (χ1n) is 6.85. The topological polar surface area (TPSA) is 0 Å². The first-order chi connectivity index (χ1) is 7.76.